The molecule has 3 nitrogen and oxygen atoms in total. The molecule has 0 aliphatic rings. The van der Waals surface area contributed by atoms with Gasteiger partial charge in [-0.15, -0.1) is 11.3 Å². The molecule has 0 aromatic carbocycles. The standard InChI is InChI=1S/C11H20N2OS/c1-4-14-6-5-12-8-11-13-7-10(15-11)9(2)3/h7,9,12H,4-6,8H2,1-3H3. The first kappa shape index (κ1) is 12.6. The number of nitrogens with one attached hydrogen (secondary N) is 1. The first-order chi connectivity index (χ1) is 7.24. The van der Waals surface area contributed by atoms with E-state index in [0.29, 0.717) is 5.92 Å². The van der Waals surface area contributed by atoms with Crippen molar-refractivity contribution in [3.05, 3.63) is 16.1 Å². The number of ether oxygens (including phenoxy) is 1. The van der Waals surface area contributed by atoms with Gasteiger partial charge < -0.3 is 10.1 Å². The van der Waals surface area contributed by atoms with Gasteiger partial charge in [-0.2, -0.15) is 0 Å². The molecule has 0 fully saturated rings. The summed E-state index contributed by atoms with van der Waals surface area (Å²) in [6.07, 6.45) is 1.98. The molecule has 1 N–H and O–H groups in total. The summed E-state index contributed by atoms with van der Waals surface area (Å²) in [5.74, 6) is 0.583. The van der Waals surface area contributed by atoms with Crippen LogP contribution in [-0.2, 0) is 11.3 Å². The van der Waals surface area contributed by atoms with Crippen LogP contribution in [0.3, 0.4) is 0 Å². The van der Waals surface area contributed by atoms with Crippen molar-refractivity contribution >= 4 is 11.3 Å². The van der Waals surface area contributed by atoms with Crippen molar-refractivity contribution in [2.45, 2.75) is 33.2 Å². The zero-order valence-corrected chi connectivity index (χ0v) is 10.6. The molecular formula is C11H20N2OS. The summed E-state index contributed by atoms with van der Waals surface area (Å²) in [5.41, 5.74) is 0. The van der Waals surface area contributed by atoms with Gasteiger partial charge in [0.25, 0.3) is 0 Å². The van der Waals surface area contributed by atoms with Gasteiger partial charge in [-0.05, 0) is 12.8 Å². The Morgan fingerprint density at radius 1 is 1.53 bits per heavy atom. The lowest BCUT2D eigenvalue weighted by Crippen LogP contribution is -2.19. The molecule has 0 aliphatic heterocycles. The number of nitrogens with zero attached hydrogens (tertiary/aromatic N) is 1. The molecule has 0 radical (unpaired) electrons. The predicted octanol–water partition coefficient (Wildman–Crippen LogP) is 2.39. The summed E-state index contributed by atoms with van der Waals surface area (Å²) < 4.78 is 5.24. The van der Waals surface area contributed by atoms with Crippen LogP contribution in [0.2, 0.25) is 0 Å². The van der Waals surface area contributed by atoms with Gasteiger partial charge >= 0.3 is 0 Å². The Hall–Kier alpha value is -0.450. The fourth-order valence-corrected chi connectivity index (χ4v) is 2.05. The van der Waals surface area contributed by atoms with Crippen molar-refractivity contribution < 1.29 is 4.74 Å². The van der Waals surface area contributed by atoms with E-state index in [2.05, 4.69) is 24.1 Å². The van der Waals surface area contributed by atoms with Crippen LogP contribution in [0.4, 0.5) is 0 Å². The molecule has 4 heteroatoms. The molecule has 0 aliphatic carbocycles. The average molecular weight is 228 g/mol. The van der Waals surface area contributed by atoms with Crippen molar-refractivity contribution in [1.29, 1.82) is 0 Å². The van der Waals surface area contributed by atoms with E-state index in [1.54, 1.807) is 11.3 Å². The lowest BCUT2D eigenvalue weighted by atomic mass is 10.2. The van der Waals surface area contributed by atoms with E-state index in [-0.39, 0.29) is 0 Å². The van der Waals surface area contributed by atoms with Crippen molar-refractivity contribution in [3.63, 3.8) is 0 Å². The first-order valence-corrected chi connectivity index (χ1v) is 6.28. The summed E-state index contributed by atoms with van der Waals surface area (Å²) in [4.78, 5) is 5.73. The Morgan fingerprint density at radius 3 is 2.93 bits per heavy atom. The fourth-order valence-electron chi connectivity index (χ4n) is 1.16. The molecule has 1 aromatic heterocycles. The second-order valence-electron chi connectivity index (χ2n) is 3.68. The number of rotatable bonds is 7. The monoisotopic (exact) mass is 228 g/mol. The molecule has 0 saturated carbocycles. The van der Waals surface area contributed by atoms with Gasteiger partial charge in [0.1, 0.15) is 5.01 Å². The fraction of sp³-hybridized carbons (Fsp3) is 0.727. The molecule has 0 spiro atoms. The maximum Gasteiger partial charge on any atom is 0.107 e. The van der Waals surface area contributed by atoms with E-state index in [1.165, 1.54) is 4.88 Å². The van der Waals surface area contributed by atoms with Crippen LogP contribution >= 0.6 is 11.3 Å². The Balaban J connectivity index is 2.20. The number of aromatic nitrogens is 1. The third-order valence-corrected chi connectivity index (χ3v) is 3.34. The Labute approximate surface area is 95.9 Å². The van der Waals surface area contributed by atoms with Crippen LogP contribution in [0, 0.1) is 0 Å². The summed E-state index contributed by atoms with van der Waals surface area (Å²) >= 11 is 1.79. The van der Waals surface area contributed by atoms with E-state index < -0.39 is 0 Å². The first-order valence-electron chi connectivity index (χ1n) is 5.47. The van der Waals surface area contributed by atoms with Gasteiger partial charge in [0.05, 0.1) is 6.61 Å². The normalized spacial score (nSPS) is 11.2. The van der Waals surface area contributed by atoms with Crippen LogP contribution in [0.5, 0.6) is 0 Å². The van der Waals surface area contributed by atoms with Crippen LogP contribution in [0.25, 0.3) is 0 Å². The van der Waals surface area contributed by atoms with Crippen molar-refractivity contribution in [3.8, 4) is 0 Å². The third kappa shape index (κ3) is 4.73. The summed E-state index contributed by atoms with van der Waals surface area (Å²) in [6.45, 7) is 9.71. The maximum atomic E-state index is 5.24. The van der Waals surface area contributed by atoms with Crippen molar-refractivity contribution in [1.82, 2.24) is 10.3 Å². The Kier molecular flexibility index (Phi) is 5.83. The highest BCUT2D eigenvalue weighted by atomic mass is 32.1. The highest BCUT2D eigenvalue weighted by molar-refractivity contribution is 7.11. The van der Waals surface area contributed by atoms with Crippen LogP contribution in [0.1, 0.15) is 36.6 Å². The maximum absolute atomic E-state index is 5.24. The second kappa shape index (κ2) is 6.93. The van der Waals surface area contributed by atoms with Gasteiger partial charge in [0.2, 0.25) is 0 Å². The SMILES string of the molecule is CCOCCNCc1ncc(C(C)C)s1. The number of thiazole rings is 1. The third-order valence-electron chi connectivity index (χ3n) is 2.04. The lowest BCUT2D eigenvalue weighted by Gasteiger charge is -2.02. The van der Waals surface area contributed by atoms with Gasteiger partial charge in [-0.25, -0.2) is 4.98 Å². The Morgan fingerprint density at radius 2 is 2.33 bits per heavy atom. The molecule has 86 valence electrons. The molecule has 0 amide bonds. The zero-order valence-electron chi connectivity index (χ0n) is 9.75. The molecule has 0 atom stereocenters. The molecule has 15 heavy (non-hydrogen) atoms. The van der Waals surface area contributed by atoms with Crippen LogP contribution < -0.4 is 5.32 Å². The molecule has 0 saturated heterocycles. The Bertz CT molecular complexity index is 273. The highest BCUT2D eigenvalue weighted by Crippen LogP contribution is 2.21. The van der Waals surface area contributed by atoms with E-state index in [4.69, 9.17) is 4.74 Å². The van der Waals surface area contributed by atoms with Crippen LogP contribution in [0.15, 0.2) is 6.20 Å². The molecular weight excluding hydrogens is 208 g/mol. The average Bonchev–Trinajstić information content (AvgIpc) is 2.66. The predicted molar refractivity (Wildman–Crippen MR) is 64.4 cm³/mol. The zero-order chi connectivity index (χ0) is 11.1. The van der Waals surface area contributed by atoms with Crippen molar-refractivity contribution in [2.24, 2.45) is 0 Å². The van der Waals surface area contributed by atoms with Gasteiger partial charge in [-0.1, -0.05) is 13.8 Å². The number of hydrogen-bond donors (Lipinski definition) is 1. The summed E-state index contributed by atoms with van der Waals surface area (Å²) in [7, 11) is 0. The van der Waals surface area contributed by atoms with Gasteiger partial charge in [0, 0.05) is 30.8 Å². The molecule has 1 rings (SSSR count). The second-order valence-corrected chi connectivity index (χ2v) is 4.83. The van der Waals surface area contributed by atoms with E-state index in [0.717, 1.165) is 31.3 Å². The largest absolute Gasteiger partial charge is 0.380 e. The van der Waals surface area contributed by atoms with E-state index in [9.17, 15) is 0 Å². The summed E-state index contributed by atoms with van der Waals surface area (Å²) in [6, 6.07) is 0. The summed E-state index contributed by atoms with van der Waals surface area (Å²) in [5, 5.41) is 4.47. The van der Waals surface area contributed by atoms with Gasteiger partial charge in [-0.3, -0.25) is 0 Å². The topological polar surface area (TPSA) is 34.1 Å². The van der Waals surface area contributed by atoms with Crippen molar-refractivity contribution in [2.75, 3.05) is 19.8 Å². The quantitative estimate of drug-likeness (QED) is 0.728. The smallest absolute Gasteiger partial charge is 0.107 e. The molecule has 0 bridgehead atoms. The lowest BCUT2D eigenvalue weighted by molar-refractivity contribution is 0.149. The van der Waals surface area contributed by atoms with E-state index >= 15 is 0 Å². The minimum absolute atomic E-state index is 0.583. The van der Waals surface area contributed by atoms with E-state index in [1.807, 2.05) is 13.1 Å². The highest BCUT2D eigenvalue weighted by Gasteiger charge is 2.04. The number of hydrogen-bond acceptors (Lipinski definition) is 4. The van der Waals surface area contributed by atoms with Gasteiger partial charge in [0.15, 0.2) is 0 Å². The molecule has 1 aromatic rings. The minimum atomic E-state index is 0.583. The van der Waals surface area contributed by atoms with Crippen LogP contribution in [-0.4, -0.2) is 24.7 Å². The minimum Gasteiger partial charge on any atom is -0.380 e. The molecule has 1 heterocycles. The molecule has 0 unspecified atom stereocenters.